The van der Waals surface area contributed by atoms with Gasteiger partial charge >= 0.3 is 0 Å². The Labute approximate surface area is 393 Å². The van der Waals surface area contributed by atoms with Crippen LogP contribution in [0, 0.1) is 41.5 Å². The normalized spacial score (nSPS) is 16.7. The third kappa shape index (κ3) is 5.95. The van der Waals surface area contributed by atoms with Crippen molar-refractivity contribution in [1.82, 2.24) is 0 Å². The van der Waals surface area contributed by atoms with Crippen LogP contribution in [0.2, 0.25) is 0 Å². The molecule has 0 aromatic heterocycles. The Morgan fingerprint density at radius 2 is 0.758 bits per heavy atom. The number of aryl methyl sites for hydroxylation is 6. The molecule has 3 aliphatic heterocycles. The average Bonchev–Trinajstić information content (AvgIpc) is 3.32. The molecule has 0 amide bonds. The Morgan fingerprint density at radius 3 is 1.15 bits per heavy atom. The minimum atomic E-state index is 0.0713. The zero-order valence-corrected chi connectivity index (χ0v) is 39.8. The fourth-order valence-electron chi connectivity index (χ4n) is 14.4. The predicted octanol–water partition coefficient (Wildman–Crippen LogP) is 12.9. The number of fused-ring (bicyclic) bond motifs is 10. The van der Waals surface area contributed by atoms with Gasteiger partial charge in [0, 0.05) is 11.4 Å². The van der Waals surface area contributed by atoms with Crippen molar-refractivity contribution in [3.05, 3.63) is 166 Å². The summed E-state index contributed by atoms with van der Waals surface area (Å²) in [5, 5.41) is 5.33. The van der Waals surface area contributed by atoms with E-state index >= 15 is 0 Å². The lowest BCUT2D eigenvalue weighted by Crippen LogP contribution is -2.62. The molecule has 4 heteroatoms. The van der Waals surface area contributed by atoms with Gasteiger partial charge in [0.1, 0.15) is 0 Å². The zero-order chi connectivity index (χ0) is 44.5. The number of rotatable bonds is 4. The van der Waals surface area contributed by atoms with Crippen LogP contribution in [0.5, 0.6) is 0 Å². The fraction of sp³-hybridized carbons (Fsp3) is 0.290. The molecule has 2 fully saturated rings. The van der Waals surface area contributed by atoms with E-state index in [1.165, 1.54) is 197 Å². The van der Waals surface area contributed by atoms with E-state index in [0.29, 0.717) is 11.8 Å². The van der Waals surface area contributed by atoms with Gasteiger partial charge in [0.2, 0.25) is 13.4 Å². The number of benzene rings is 8. The Kier molecular flexibility index (Phi) is 9.33. The fourth-order valence-corrected chi connectivity index (χ4v) is 14.4. The quantitative estimate of drug-likeness (QED) is 0.163. The highest BCUT2D eigenvalue weighted by Gasteiger charge is 2.48. The maximum atomic E-state index is 2.79. The highest BCUT2D eigenvalue weighted by atomic mass is 15.3. The van der Waals surface area contributed by atoms with Gasteiger partial charge in [0.25, 0.3) is 0 Å². The summed E-state index contributed by atoms with van der Waals surface area (Å²) in [6.45, 7) is 14.1. The van der Waals surface area contributed by atoms with Crippen LogP contribution in [0.1, 0.15) is 121 Å². The van der Waals surface area contributed by atoms with Gasteiger partial charge in [-0.1, -0.05) is 180 Å². The molecule has 324 valence electrons. The van der Waals surface area contributed by atoms with E-state index < -0.39 is 0 Å². The van der Waals surface area contributed by atoms with E-state index in [9.17, 15) is 0 Å². The molecule has 0 N–H and O–H groups in total. The molecule has 0 saturated heterocycles. The molecule has 5 aliphatic rings. The number of hydrogen-bond donors (Lipinski definition) is 0. The Morgan fingerprint density at radius 1 is 0.379 bits per heavy atom. The van der Waals surface area contributed by atoms with Gasteiger partial charge in [0.15, 0.2) is 0 Å². The van der Waals surface area contributed by atoms with Crippen molar-refractivity contribution < 1.29 is 0 Å². The standard InChI is InChI=1S/C62H60B2N2/c1-37-29-39(3)57(40(4)30-37)63-51-27-25-45(43-17-9-7-10-18-43)33-53(51)65-56-36-48-22-14-16-24-50(48)60-62(56)66(55-35-47-21-13-15-23-49(47)59(63)61(55)65)54-34-46(44-19-11-8-12-20-44)26-28-52(54)64(60)58-41(5)31-38(2)32-42(58)6/h13-16,21-36,43-44H,7-12,17-20H2,1-6H3. The number of anilines is 6. The van der Waals surface area contributed by atoms with Crippen molar-refractivity contribution in [1.29, 1.82) is 0 Å². The smallest absolute Gasteiger partial charge is 0.248 e. The molecule has 0 spiro atoms. The summed E-state index contributed by atoms with van der Waals surface area (Å²) in [5.41, 5.74) is 27.9. The summed E-state index contributed by atoms with van der Waals surface area (Å²) in [6.07, 6.45) is 13.1. The molecule has 2 nitrogen and oxygen atoms in total. The minimum absolute atomic E-state index is 0.0713. The second-order valence-corrected chi connectivity index (χ2v) is 21.2. The first-order chi connectivity index (χ1) is 32.2. The Hall–Kier alpha value is -5.99. The van der Waals surface area contributed by atoms with Crippen molar-refractivity contribution in [3.8, 4) is 0 Å². The first-order valence-corrected chi connectivity index (χ1v) is 25.4. The van der Waals surface area contributed by atoms with Crippen LogP contribution in [-0.4, -0.2) is 13.4 Å². The van der Waals surface area contributed by atoms with Gasteiger partial charge in [-0.25, -0.2) is 0 Å². The lowest BCUT2D eigenvalue weighted by Gasteiger charge is -2.50. The summed E-state index contributed by atoms with van der Waals surface area (Å²) in [5.74, 6) is 1.19. The van der Waals surface area contributed by atoms with Crippen molar-refractivity contribution in [2.24, 2.45) is 0 Å². The topological polar surface area (TPSA) is 6.48 Å². The molecule has 3 heterocycles. The van der Waals surface area contributed by atoms with Crippen LogP contribution in [0.4, 0.5) is 34.1 Å². The lowest BCUT2D eigenvalue weighted by atomic mass is 9.32. The van der Waals surface area contributed by atoms with E-state index in [0.717, 1.165) is 0 Å². The third-order valence-electron chi connectivity index (χ3n) is 17.0. The highest BCUT2D eigenvalue weighted by Crippen LogP contribution is 2.57. The molecule has 8 aromatic rings. The third-order valence-corrected chi connectivity index (χ3v) is 17.0. The zero-order valence-electron chi connectivity index (χ0n) is 39.8. The predicted molar refractivity (Wildman–Crippen MR) is 287 cm³/mol. The highest BCUT2D eigenvalue weighted by molar-refractivity contribution is 7.01. The first kappa shape index (κ1) is 40.3. The Bertz CT molecular complexity index is 3060. The molecule has 0 bridgehead atoms. The molecule has 2 aliphatic carbocycles. The second-order valence-electron chi connectivity index (χ2n) is 21.2. The van der Waals surface area contributed by atoms with Crippen LogP contribution in [0.3, 0.4) is 0 Å². The van der Waals surface area contributed by atoms with E-state index in [1.807, 2.05) is 0 Å². The van der Waals surface area contributed by atoms with Gasteiger partial charge in [-0.3, -0.25) is 0 Å². The van der Waals surface area contributed by atoms with Crippen LogP contribution in [0.15, 0.2) is 121 Å². The van der Waals surface area contributed by atoms with Gasteiger partial charge < -0.3 is 9.80 Å². The van der Waals surface area contributed by atoms with Gasteiger partial charge in [-0.05, 0) is 158 Å². The first-order valence-electron chi connectivity index (χ1n) is 25.4. The molecular weight excluding hydrogens is 794 g/mol. The van der Waals surface area contributed by atoms with Crippen molar-refractivity contribution in [2.45, 2.75) is 118 Å². The molecule has 0 atom stereocenters. The van der Waals surface area contributed by atoms with Crippen LogP contribution in [0.25, 0.3) is 21.5 Å². The van der Waals surface area contributed by atoms with Crippen molar-refractivity contribution >= 4 is 102 Å². The molecule has 66 heavy (non-hydrogen) atoms. The molecule has 0 radical (unpaired) electrons. The van der Waals surface area contributed by atoms with Crippen molar-refractivity contribution in [2.75, 3.05) is 9.80 Å². The largest absolute Gasteiger partial charge is 0.307 e. The average molecular weight is 855 g/mol. The Balaban J connectivity index is 1.20. The maximum Gasteiger partial charge on any atom is 0.248 e. The van der Waals surface area contributed by atoms with E-state index in [4.69, 9.17) is 0 Å². The number of hydrogen-bond acceptors (Lipinski definition) is 2. The summed E-state index contributed by atoms with van der Waals surface area (Å²) < 4.78 is 0. The van der Waals surface area contributed by atoms with E-state index in [2.05, 4.69) is 173 Å². The summed E-state index contributed by atoms with van der Waals surface area (Å²) in [6, 6.07) is 49.1. The molecule has 2 saturated carbocycles. The monoisotopic (exact) mass is 854 g/mol. The molecule has 8 aromatic carbocycles. The maximum absolute atomic E-state index is 2.79. The van der Waals surface area contributed by atoms with Crippen LogP contribution in [-0.2, 0) is 0 Å². The minimum Gasteiger partial charge on any atom is -0.307 e. The van der Waals surface area contributed by atoms with Crippen LogP contribution >= 0.6 is 0 Å². The second kappa shape index (κ2) is 15.3. The lowest BCUT2D eigenvalue weighted by molar-refractivity contribution is 0.444. The number of nitrogens with zero attached hydrogens (tertiary/aromatic N) is 2. The van der Waals surface area contributed by atoms with Crippen LogP contribution < -0.4 is 42.6 Å². The molecule has 0 unspecified atom stereocenters. The summed E-state index contributed by atoms with van der Waals surface area (Å²) >= 11 is 0. The van der Waals surface area contributed by atoms with Crippen molar-refractivity contribution in [3.63, 3.8) is 0 Å². The summed E-state index contributed by atoms with van der Waals surface area (Å²) in [4.78, 5) is 5.58. The van der Waals surface area contributed by atoms with E-state index in [1.54, 1.807) is 0 Å². The summed E-state index contributed by atoms with van der Waals surface area (Å²) in [7, 11) is 0. The molecule has 13 rings (SSSR count). The van der Waals surface area contributed by atoms with Gasteiger partial charge in [-0.2, -0.15) is 0 Å². The van der Waals surface area contributed by atoms with Gasteiger partial charge in [-0.15, -0.1) is 0 Å². The SMILES string of the molecule is Cc1cc(C)c(B2c3ccc(C4CCCCC4)cc3N3c4cc5ccccc5c5c4N(c4cc(C6CCCCC6)ccc4B5c4c(C)cc(C)cc4C)c4cc5ccccc5c2c43)c(C)c1. The van der Waals surface area contributed by atoms with Gasteiger partial charge in [0.05, 0.1) is 22.7 Å². The molecular formula is C62H60B2N2. The van der Waals surface area contributed by atoms with E-state index in [-0.39, 0.29) is 13.4 Å².